The Labute approximate surface area is 90.2 Å². The summed E-state index contributed by atoms with van der Waals surface area (Å²) in [5, 5.41) is 9.91. The van der Waals surface area contributed by atoms with E-state index in [-0.39, 0.29) is 5.91 Å². The van der Waals surface area contributed by atoms with Gasteiger partial charge in [-0.25, -0.2) is 4.98 Å². The Balaban J connectivity index is 2.81. The van der Waals surface area contributed by atoms with Gasteiger partial charge in [0.05, 0.1) is 10.2 Å². The fourth-order valence-corrected chi connectivity index (χ4v) is 2.42. The summed E-state index contributed by atoms with van der Waals surface area (Å²) in [7, 11) is 3.35. The van der Waals surface area contributed by atoms with Crippen LogP contribution in [0, 0.1) is 5.41 Å². The Kier molecular flexibility index (Phi) is 2.28. The Morgan fingerprint density at radius 2 is 2.47 bits per heavy atom. The van der Waals surface area contributed by atoms with Crippen molar-refractivity contribution >= 4 is 33.8 Å². The Bertz CT molecular complexity index is 540. The number of aromatic nitrogens is 2. The van der Waals surface area contributed by atoms with Crippen molar-refractivity contribution in [2.45, 2.75) is 0 Å². The molecular weight excluding hydrogens is 212 g/mol. The van der Waals surface area contributed by atoms with Gasteiger partial charge in [0.2, 0.25) is 0 Å². The quantitative estimate of drug-likeness (QED) is 0.744. The molecule has 0 spiro atoms. The van der Waals surface area contributed by atoms with Gasteiger partial charge in [0, 0.05) is 25.9 Å². The standard InChI is InChI=1S/C9H10N4OS/c1-11-9(14)6-5(3-10)7-8(13(6)2)12-4-15-7/h3-4,10H,1-2H3,(H,11,14). The first-order chi connectivity index (χ1) is 7.20. The second kappa shape index (κ2) is 3.47. The molecule has 0 aliphatic carbocycles. The van der Waals surface area contributed by atoms with Crippen molar-refractivity contribution < 1.29 is 4.79 Å². The lowest BCUT2D eigenvalue weighted by Gasteiger charge is -2.02. The molecule has 0 unspecified atom stereocenters. The van der Waals surface area contributed by atoms with E-state index < -0.39 is 0 Å². The zero-order valence-electron chi connectivity index (χ0n) is 8.37. The Morgan fingerprint density at radius 1 is 1.73 bits per heavy atom. The van der Waals surface area contributed by atoms with Crippen LogP contribution in [0.15, 0.2) is 5.51 Å². The van der Waals surface area contributed by atoms with Gasteiger partial charge in [-0.15, -0.1) is 11.3 Å². The number of hydrogen-bond acceptors (Lipinski definition) is 4. The lowest BCUT2D eigenvalue weighted by molar-refractivity contribution is 0.0955. The van der Waals surface area contributed by atoms with Gasteiger partial charge in [-0.05, 0) is 0 Å². The van der Waals surface area contributed by atoms with Gasteiger partial charge in [0.25, 0.3) is 5.91 Å². The summed E-state index contributed by atoms with van der Waals surface area (Å²) in [4.78, 5) is 15.8. The van der Waals surface area contributed by atoms with E-state index in [4.69, 9.17) is 5.41 Å². The van der Waals surface area contributed by atoms with E-state index in [1.807, 2.05) is 0 Å². The van der Waals surface area contributed by atoms with Crippen LogP contribution in [0.3, 0.4) is 0 Å². The third-order valence-electron chi connectivity index (χ3n) is 2.29. The van der Waals surface area contributed by atoms with Crippen LogP contribution in [0.4, 0.5) is 0 Å². The summed E-state index contributed by atoms with van der Waals surface area (Å²) in [6.07, 6.45) is 1.20. The highest BCUT2D eigenvalue weighted by Crippen LogP contribution is 2.26. The van der Waals surface area contributed by atoms with E-state index in [1.54, 1.807) is 24.2 Å². The number of fused-ring (bicyclic) bond motifs is 1. The van der Waals surface area contributed by atoms with E-state index in [2.05, 4.69) is 10.3 Å². The van der Waals surface area contributed by atoms with Crippen LogP contribution in [-0.2, 0) is 7.05 Å². The van der Waals surface area contributed by atoms with Crippen molar-refractivity contribution in [1.29, 1.82) is 5.41 Å². The molecule has 5 nitrogen and oxygen atoms in total. The highest BCUT2D eigenvalue weighted by molar-refractivity contribution is 7.17. The molecule has 15 heavy (non-hydrogen) atoms. The second-order valence-corrected chi connectivity index (χ2v) is 3.90. The number of amides is 1. The molecule has 0 saturated carbocycles. The van der Waals surface area contributed by atoms with E-state index in [0.717, 1.165) is 10.3 Å². The first kappa shape index (κ1) is 9.85. The van der Waals surface area contributed by atoms with Crippen LogP contribution < -0.4 is 5.32 Å². The molecule has 2 rings (SSSR count). The number of hydrogen-bond donors (Lipinski definition) is 2. The first-order valence-corrected chi connectivity index (χ1v) is 5.23. The maximum absolute atomic E-state index is 11.6. The normalized spacial score (nSPS) is 10.5. The van der Waals surface area contributed by atoms with Crippen LogP contribution >= 0.6 is 11.3 Å². The predicted molar refractivity (Wildman–Crippen MR) is 59.9 cm³/mol. The minimum atomic E-state index is -0.193. The highest BCUT2D eigenvalue weighted by Gasteiger charge is 2.20. The summed E-state index contributed by atoms with van der Waals surface area (Å²) < 4.78 is 2.59. The third-order valence-corrected chi connectivity index (χ3v) is 3.14. The number of nitrogens with zero attached hydrogens (tertiary/aromatic N) is 2. The molecule has 2 aromatic heterocycles. The topological polar surface area (TPSA) is 70.8 Å². The lowest BCUT2D eigenvalue weighted by Crippen LogP contribution is -2.22. The predicted octanol–water partition coefficient (Wildman–Crippen LogP) is 0.992. The van der Waals surface area contributed by atoms with Crippen LogP contribution in [0.25, 0.3) is 10.3 Å². The lowest BCUT2D eigenvalue weighted by atomic mass is 10.2. The molecule has 2 aromatic rings. The van der Waals surface area contributed by atoms with Gasteiger partial charge >= 0.3 is 0 Å². The average molecular weight is 222 g/mol. The minimum Gasteiger partial charge on any atom is -0.354 e. The summed E-state index contributed by atoms with van der Waals surface area (Å²) in [6.45, 7) is 0. The molecule has 2 N–H and O–H groups in total. The van der Waals surface area contributed by atoms with Gasteiger partial charge in [-0.3, -0.25) is 4.79 Å². The summed E-state index contributed by atoms with van der Waals surface area (Å²) in [5.41, 5.74) is 3.58. The van der Waals surface area contributed by atoms with Gasteiger partial charge in [-0.2, -0.15) is 0 Å². The molecule has 78 valence electrons. The van der Waals surface area contributed by atoms with Gasteiger partial charge < -0.3 is 15.3 Å². The largest absolute Gasteiger partial charge is 0.354 e. The number of rotatable bonds is 2. The van der Waals surface area contributed by atoms with Crippen molar-refractivity contribution in [2.75, 3.05) is 7.05 Å². The molecule has 6 heteroatoms. The maximum Gasteiger partial charge on any atom is 0.268 e. The molecule has 0 saturated heterocycles. The molecule has 0 fully saturated rings. The van der Waals surface area contributed by atoms with Crippen LogP contribution in [-0.4, -0.2) is 28.7 Å². The molecule has 0 aliphatic heterocycles. The van der Waals surface area contributed by atoms with Gasteiger partial charge in [0.1, 0.15) is 5.69 Å². The monoisotopic (exact) mass is 222 g/mol. The van der Waals surface area contributed by atoms with E-state index in [9.17, 15) is 4.79 Å². The summed E-state index contributed by atoms with van der Waals surface area (Å²) >= 11 is 1.44. The van der Waals surface area contributed by atoms with Gasteiger partial charge in [0.15, 0.2) is 5.65 Å². The highest BCUT2D eigenvalue weighted by atomic mass is 32.1. The number of carbonyl (C=O) groups is 1. The summed E-state index contributed by atoms with van der Waals surface area (Å²) in [5.74, 6) is -0.193. The zero-order valence-corrected chi connectivity index (χ0v) is 9.18. The number of aryl methyl sites for hydroxylation is 1. The number of nitrogens with one attached hydrogen (secondary N) is 2. The second-order valence-electron chi connectivity index (χ2n) is 3.05. The average Bonchev–Trinajstić information content (AvgIpc) is 2.79. The third kappa shape index (κ3) is 1.25. The van der Waals surface area contributed by atoms with Gasteiger partial charge in [-0.1, -0.05) is 0 Å². The smallest absolute Gasteiger partial charge is 0.268 e. The fraction of sp³-hybridized carbons (Fsp3) is 0.222. The SMILES string of the molecule is CNC(=O)c1c(C=N)c2scnc2n1C. The first-order valence-electron chi connectivity index (χ1n) is 4.35. The molecule has 0 radical (unpaired) electrons. The molecule has 1 amide bonds. The molecule has 0 atom stereocenters. The van der Waals surface area contributed by atoms with Crippen LogP contribution in [0.1, 0.15) is 16.1 Å². The van der Waals surface area contributed by atoms with Crippen molar-refractivity contribution in [1.82, 2.24) is 14.9 Å². The minimum absolute atomic E-state index is 0.193. The molecule has 0 bridgehead atoms. The van der Waals surface area contributed by atoms with Crippen molar-refractivity contribution in [3.63, 3.8) is 0 Å². The number of thiazole rings is 1. The van der Waals surface area contributed by atoms with E-state index in [0.29, 0.717) is 11.3 Å². The maximum atomic E-state index is 11.6. The molecule has 2 heterocycles. The number of carbonyl (C=O) groups excluding carboxylic acids is 1. The summed E-state index contributed by atoms with van der Waals surface area (Å²) in [6, 6.07) is 0. The van der Waals surface area contributed by atoms with E-state index >= 15 is 0 Å². The zero-order chi connectivity index (χ0) is 11.0. The Hall–Kier alpha value is -1.69. The molecule has 0 aliphatic rings. The van der Waals surface area contributed by atoms with Crippen molar-refractivity contribution in [2.24, 2.45) is 7.05 Å². The molecule has 0 aromatic carbocycles. The Morgan fingerprint density at radius 3 is 3.07 bits per heavy atom. The molecular formula is C9H10N4OS. The van der Waals surface area contributed by atoms with Crippen molar-refractivity contribution in [3.8, 4) is 0 Å². The van der Waals surface area contributed by atoms with Crippen LogP contribution in [0.5, 0.6) is 0 Å². The fourth-order valence-electron chi connectivity index (χ4n) is 1.58. The van der Waals surface area contributed by atoms with Crippen molar-refractivity contribution in [3.05, 3.63) is 16.8 Å². The van der Waals surface area contributed by atoms with Crippen LogP contribution in [0.2, 0.25) is 0 Å². The van der Waals surface area contributed by atoms with E-state index in [1.165, 1.54) is 17.6 Å².